The lowest BCUT2D eigenvalue weighted by molar-refractivity contribution is -0.142. The van der Waals surface area contributed by atoms with Gasteiger partial charge in [-0.15, -0.1) is 0 Å². The van der Waals surface area contributed by atoms with Crippen LogP contribution in [0.4, 0.5) is 4.39 Å². The molecule has 0 aliphatic carbocycles. The highest BCUT2D eigenvalue weighted by Crippen LogP contribution is 2.08. The Balaban J connectivity index is 2.64. The second-order valence-corrected chi connectivity index (χ2v) is 4.19. The third-order valence-electron chi connectivity index (χ3n) is 2.58. The Morgan fingerprint density at radius 3 is 2.48 bits per heavy atom. The highest BCUT2D eigenvalue weighted by Gasteiger charge is 2.19. The van der Waals surface area contributed by atoms with Gasteiger partial charge in [0.05, 0.1) is 0 Å². The van der Waals surface area contributed by atoms with Crippen LogP contribution in [-0.4, -0.2) is 34.1 Å². The van der Waals surface area contributed by atoms with Gasteiger partial charge < -0.3 is 15.5 Å². The molecule has 0 saturated carbocycles. The predicted molar refractivity (Wildman–Crippen MR) is 71.9 cm³/mol. The minimum absolute atomic E-state index is 0.185. The topological polar surface area (TPSA) is 104 Å². The van der Waals surface area contributed by atoms with E-state index >= 15 is 0 Å². The van der Waals surface area contributed by atoms with Crippen LogP contribution in [0.15, 0.2) is 30.3 Å². The number of hydrogen-bond acceptors (Lipinski definition) is 3. The van der Waals surface area contributed by atoms with E-state index in [0.717, 1.165) is 6.08 Å². The average Bonchev–Trinajstić information content (AvgIpc) is 2.42. The lowest BCUT2D eigenvalue weighted by Gasteiger charge is -2.11. The number of aliphatic carboxylic acids is 2. The van der Waals surface area contributed by atoms with Crippen LogP contribution in [0, 0.1) is 5.82 Å². The SMILES string of the molecule is O=C(O)CC[C@H](NC(=O)/C=C/c1ccccc1F)C(=O)O. The number of carbonyl (C=O) groups excluding carboxylic acids is 1. The summed E-state index contributed by atoms with van der Waals surface area (Å²) in [7, 11) is 0. The zero-order valence-electron chi connectivity index (χ0n) is 11.0. The monoisotopic (exact) mass is 295 g/mol. The lowest BCUT2D eigenvalue weighted by atomic mass is 10.1. The van der Waals surface area contributed by atoms with Gasteiger partial charge in [0, 0.05) is 18.1 Å². The molecule has 0 aliphatic rings. The van der Waals surface area contributed by atoms with Crippen LogP contribution in [0.2, 0.25) is 0 Å². The van der Waals surface area contributed by atoms with Crippen molar-refractivity contribution in [2.45, 2.75) is 18.9 Å². The summed E-state index contributed by atoms with van der Waals surface area (Å²) in [5.74, 6) is -3.74. The first kappa shape index (κ1) is 16.4. The van der Waals surface area contributed by atoms with E-state index in [-0.39, 0.29) is 18.4 Å². The van der Waals surface area contributed by atoms with Crippen molar-refractivity contribution < 1.29 is 29.0 Å². The zero-order valence-corrected chi connectivity index (χ0v) is 11.0. The first-order valence-corrected chi connectivity index (χ1v) is 6.08. The molecule has 6 nitrogen and oxygen atoms in total. The molecule has 1 aromatic carbocycles. The fraction of sp³-hybridized carbons (Fsp3) is 0.214. The van der Waals surface area contributed by atoms with Crippen molar-refractivity contribution in [1.82, 2.24) is 5.32 Å². The molecule has 0 unspecified atom stereocenters. The summed E-state index contributed by atoms with van der Waals surface area (Å²) < 4.78 is 13.3. The molecule has 0 bridgehead atoms. The molecular weight excluding hydrogens is 281 g/mol. The van der Waals surface area contributed by atoms with Gasteiger partial charge in [0.2, 0.25) is 5.91 Å². The van der Waals surface area contributed by atoms with E-state index in [0.29, 0.717) is 0 Å². The molecule has 0 fully saturated rings. The third kappa shape index (κ3) is 5.85. The average molecular weight is 295 g/mol. The summed E-state index contributed by atoms with van der Waals surface area (Å²) >= 11 is 0. The quantitative estimate of drug-likeness (QED) is 0.657. The van der Waals surface area contributed by atoms with Gasteiger partial charge in [0.1, 0.15) is 11.9 Å². The first-order chi connectivity index (χ1) is 9.90. The molecular formula is C14H14FNO5. The van der Waals surface area contributed by atoms with Crippen LogP contribution in [0.5, 0.6) is 0 Å². The third-order valence-corrected chi connectivity index (χ3v) is 2.58. The van der Waals surface area contributed by atoms with Crippen LogP contribution in [0.1, 0.15) is 18.4 Å². The minimum atomic E-state index is -1.33. The van der Waals surface area contributed by atoms with E-state index in [1.807, 2.05) is 0 Å². The normalized spacial score (nSPS) is 12.0. The molecule has 1 atom stereocenters. The van der Waals surface area contributed by atoms with E-state index in [1.165, 1.54) is 24.3 Å². The molecule has 21 heavy (non-hydrogen) atoms. The minimum Gasteiger partial charge on any atom is -0.481 e. The fourth-order valence-electron chi connectivity index (χ4n) is 1.52. The number of rotatable bonds is 7. The van der Waals surface area contributed by atoms with Crippen LogP contribution >= 0.6 is 0 Å². The predicted octanol–water partition coefficient (Wildman–Crippen LogP) is 1.27. The van der Waals surface area contributed by atoms with Crippen molar-refractivity contribution in [2.24, 2.45) is 0 Å². The van der Waals surface area contributed by atoms with E-state index in [2.05, 4.69) is 5.32 Å². The Morgan fingerprint density at radius 1 is 1.24 bits per heavy atom. The number of nitrogens with one attached hydrogen (secondary N) is 1. The summed E-state index contributed by atoms with van der Waals surface area (Å²) in [6.07, 6.45) is 1.59. The summed E-state index contributed by atoms with van der Waals surface area (Å²) in [6.45, 7) is 0. The van der Waals surface area contributed by atoms with Crippen LogP contribution in [0.25, 0.3) is 6.08 Å². The van der Waals surface area contributed by atoms with Crippen LogP contribution in [0.3, 0.4) is 0 Å². The van der Waals surface area contributed by atoms with E-state index in [1.54, 1.807) is 6.07 Å². The Morgan fingerprint density at radius 2 is 1.90 bits per heavy atom. The van der Waals surface area contributed by atoms with Gasteiger partial charge in [-0.2, -0.15) is 0 Å². The lowest BCUT2D eigenvalue weighted by Crippen LogP contribution is -2.40. The molecule has 0 saturated heterocycles. The van der Waals surface area contributed by atoms with E-state index in [4.69, 9.17) is 10.2 Å². The molecule has 1 aromatic rings. The van der Waals surface area contributed by atoms with Gasteiger partial charge in [-0.3, -0.25) is 9.59 Å². The van der Waals surface area contributed by atoms with Crippen molar-refractivity contribution in [3.05, 3.63) is 41.7 Å². The number of benzene rings is 1. The van der Waals surface area contributed by atoms with Crippen LogP contribution < -0.4 is 5.32 Å². The summed E-state index contributed by atoms with van der Waals surface area (Å²) in [5.41, 5.74) is 0.185. The molecule has 3 N–H and O–H groups in total. The van der Waals surface area contributed by atoms with Crippen LogP contribution in [-0.2, 0) is 14.4 Å². The van der Waals surface area contributed by atoms with E-state index in [9.17, 15) is 18.8 Å². The Labute approximate surface area is 119 Å². The molecule has 112 valence electrons. The maximum absolute atomic E-state index is 13.3. The number of hydrogen-bond donors (Lipinski definition) is 3. The smallest absolute Gasteiger partial charge is 0.326 e. The standard InChI is InChI=1S/C14H14FNO5/c15-10-4-2-1-3-9(10)5-7-12(17)16-11(14(20)21)6-8-13(18)19/h1-5,7,11H,6,8H2,(H,16,17)(H,18,19)(H,20,21)/b7-5+/t11-/m0/s1. The van der Waals surface area contributed by atoms with Gasteiger partial charge in [-0.25, -0.2) is 9.18 Å². The van der Waals surface area contributed by atoms with Crippen molar-refractivity contribution in [2.75, 3.05) is 0 Å². The van der Waals surface area contributed by atoms with Crippen molar-refractivity contribution in [1.29, 1.82) is 0 Å². The van der Waals surface area contributed by atoms with Gasteiger partial charge >= 0.3 is 11.9 Å². The number of amides is 1. The first-order valence-electron chi connectivity index (χ1n) is 6.08. The summed E-state index contributed by atoms with van der Waals surface area (Å²) in [5, 5.41) is 19.5. The Bertz CT molecular complexity index is 570. The Kier molecular flexibility index (Phi) is 6.06. The molecule has 0 spiro atoms. The molecule has 0 aliphatic heterocycles. The van der Waals surface area contributed by atoms with Gasteiger partial charge in [-0.1, -0.05) is 18.2 Å². The van der Waals surface area contributed by atoms with Gasteiger partial charge in [0.15, 0.2) is 0 Å². The highest BCUT2D eigenvalue weighted by molar-refractivity contribution is 5.94. The van der Waals surface area contributed by atoms with Crippen molar-refractivity contribution >= 4 is 23.9 Å². The fourth-order valence-corrected chi connectivity index (χ4v) is 1.52. The molecule has 7 heteroatoms. The number of halogens is 1. The van der Waals surface area contributed by atoms with E-state index < -0.39 is 29.7 Å². The largest absolute Gasteiger partial charge is 0.481 e. The molecule has 1 rings (SSSR count). The Hall–Kier alpha value is -2.70. The summed E-state index contributed by atoms with van der Waals surface area (Å²) in [6, 6.07) is 4.47. The molecule has 0 aromatic heterocycles. The second kappa shape index (κ2) is 7.78. The van der Waals surface area contributed by atoms with Crippen molar-refractivity contribution in [3.8, 4) is 0 Å². The molecule has 0 radical (unpaired) electrons. The number of carboxylic acids is 2. The molecule has 1 amide bonds. The summed E-state index contributed by atoms with van der Waals surface area (Å²) in [4.78, 5) is 32.8. The maximum atomic E-state index is 13.3. The molecule has 0 heterocycles. The second-order valence-electron chi connectivity index (χ2n) is 4.19. The van der Waals surface area contributed by atoms with Crippen molar-refractivity contribution in [3.63, 3.8) is 0 Å². The zero-order chi connectivity index (χ0) is 15.8. The van der Waals surface area contributed by atoms with Gasteiger partial charge in [0.25, 0.3) is 0 Å². The van der Waals surface area contributed by atoms with Gasteiger partial charge in [-0.05, 0) is 18.6 Å². The number of carboxylic acid groups (broad SMARTS) is 2. The highest BCUT2D eigenvalue weighted by atomic mass is 19.1. The maximum Gasteiger partial charge on any atom is 0.326 e. The number of carbonyl (C=O) groups is 3.